The lowest BCUT2D eigenvalue weighted by Gasteiger charge is -2.04. The fourth-order valence-corrected chi connectivity index (χ4v) is 2.89. The van der Waals surface area contributed by atoms with Crippen LogP contribution < -0.4 is 5.73 Å². The Kier molecular flexibility index (Phi) is 2.97. The van der Waals surface area contributed by atoms with Crippen molar-refractivity contribution in [2.45, 2.75) is 13.0 Å². The maximum absolute atomic E-state index is 6.04. The van der Waals surface area contributed by atoms with Crippen molar-refractivity contribution < 1.29 is 0 Å². The molecule has 0 atom stereocenters. The summed E-state index contributed by atoms with van der Waals surface area (Å²) in [6.07, 6.45) is 4.62. The van der Waals surface area contributed by atoms with Crippen LogP contribution in [0.15, 0.2) is 36.8 Å². The third kappa shape index (κ3) is 2.08. The third-order valence-electron chi connectivity index (χ3n) is 3.74. The smallest absolute Gasteiger partial charge is 0.223 e. The lowest BCUT2D eigenvalue weighted by atomic mass is 10.1. The van der Waals surface area contributed by atoms with Gasteiger partial charge in [0, 0.05) is 23.6 Å². The molecule has 1 aromatic carbocycles. The lowest BCUT2D eigenvalue weighted by Crippen LogP contribution is -2.03. The van der Waals surface area contributed by atoms with Gasteiger partial charge in [-0.25, -0.2) is 4.98 Å². The molecule has 6 nitrogen and oxygen atoms in total. The largest absolute Gasteiger partial charge is 0.368 e. The summed E-state index contributed by atoms with van der Waals surface area (Å²) < 4.78 is 1.95. The molecule has 0 aliphatic rings. The molecule has 0 radical (unpaired) electrons. The van der Waals surface area contributed by atoms with Gasteiger partial charge in [0.2, 0.25) is 5.95 Å². The van der Waals surface area contributed by atoms with Gasteiger partial charge in [-0.3, -0.25) is 0 Å². The number of anilines is 1. The summed E-state index contributed by atoms with van der Waals surface area (Å²) in [5.74, 6) is 0.159. The number of halogens is 1. The number of aryl methyl sites for hydroxylation is 2. The van der Waals surface area contributed by atoms with Gasteiger partial charge in [-0.15, -0.1) is 0 Å². The van der Waals surface area contributed by atoms with Crippen LogP contribution >= 0.6 is 11.6 Å². The number of nitrogens with two attached hydrogens (primary N) is 1. The number of nitrogens with one attached hydrogen (secondary N) is 1. The Labute approximate surface area is 131 Å². The predicted molar refractivity (Wildman–Crippen MR) is 86.7 cm³/mol. The third-order valence-corrected chi connectivity index (χ3v) is 4.00. The molecule has 7 heteroatoms. The molecular weight excluding hydrogens is 300 g/mol. The first-order valence-corrected chi connectivity index (χ1v) is 7.29. The van der Waals surface area contributed by atoms with Crippen LogP contribution in [0.25, 0.3) is 22.1 Å². The second-order valence-electron chi connectivity index (χ2n) is 5.09. The Hall–Kier alpha value is -2.60. The second-order valence-corrected chi connectivity index (χ2v) is 5.45. The highest BCUT2D eigenvalue weighted by Crippen LogP contribution is 2.22. The van der Waals surface area contributed by atoms with Crippen LogP contribution in [0.1, 0.15) is 5.56 Å². The Morgan fingerprint density at radius 1 is 1.23 bits per heavy atom. The number of imidazole rings is 1. The van der Waals surface area contributed by atoms with Crippen molar-refractivity contribution in [3.63, 3.8) is 0 Å². The zero-order chi connectivity index (χ0) is 15.1. The van der Waals surface area contributed by atoms with Crippen molar-refractivity contribution in [3.8, 4) is 0 Å². The number of hydrogen-bond acceptors (Lipinski definition) is 4. The molecule has 4 aromatic rings. The summed E-state index contributed by atoms with van der Waals surface area (Å²) in [4.78, 5) is 15.7. The molecule has 3 heterocycles. The summed E-state index contributed by atoms with van der Waals surface area (Å²) in [7, 11) is 0. The zero-order valence-electron chi connectivity index (χ0n) is 11.6. The number of H-pyrrole nitrogens is 1. The Morgan fingerprint density at radius 2 is 2.09 bits per heavy atom. The van der Waals surface area contributed by atoms with Crippen LogP contribution in [0.4, 0.5) is 5.95 Å². The highest BCUT2D eigenvalue weighted by molar-refractivity contribution is 6.33. The fourth-order valence-electron chi connectivity index (χ4n) is 2.67. The van der Waals surface area contributed by atoms with E-state index in [1.165, 1.54) is 10.9 Å². The van der Waals surface area contributed by atoms with Crippen LogP contribution in [0.3, 0.4) is 0 Å². The molecule has 0 saturated heterocycles. The molecule has 0 unspecified atom stereocenters. The Bertz CT molecular complexity index is 971. The van der Waals surface area contributed by atoms with Gasteiger partial charge in [-0.05, 0) is 18.1 Å². The van der Waals surface area contributed by atoms with Crippen molar-refractivity contribution in [1.29, 1.82) is 0 Å². The number of rotatable bonds is 3. The van der Waals surface area contributed by atoms with Gasteiger partial charge in [0.1, 0.15) is 5.52 Å². The number of nitrogen functional groups attached to an aromatic ring is 1. The quantitative estimate of drug-likeness (QED) is 0.570. The minimum Gasteiger partial charge on any atom is -0.368 e. The van der Waals surface area contributed by atoms with Gasteiger partial charge in [0.05, 0.1) is 6.33 Å². The van der Waals surface area contributed by atoms with E-state index in [1.54, 1.807) is 6.33 Å². The van der Waals surface area contributed by atoms with E-state index in [4.69, 9.17) is 17.3 Å². The number of hydrogen-bond donors (Lipinski definition) is 2. The van der Waals surface area contributed by atoms with E-state index in [-0.39, 0.29) is 11.1 Å². The van der Waals surface area contributed by atoms with Crippen LogP contribution in [0, 0.1) is 0 Å². The van der Waals surface area contributed by atoms with E-state index < -0.39 is 0 Å². The number of para-hydroxylation sites is 1. The highest BCUT2D eigenvalue weighted by Gasteiger charge is 2.11. The molecule has 0 bridgehead atoms. The molecule has 22 heavy (non-hydrogen) atoms. The van der Waals surface area contributed by atoms with Crippen LogP contribution in [0.2, 0.25) is 5.15 Å². The van der Waals surface area contributed by atoms with E-state index in [1.807, 2.05) is 22.9 Å². The lowest BCUT2D eigenvalue weighted by molar-refractivity contribution is 0.712. The number of fused-ring (bicyclic) bond motifs is 2. The first kappa shape index (κ1) is 13.1. The molecule has 4 rings (SSSR count). The molecule has 3 aromatic heterocycles. The topological polar surface area (TPSA) is 85.4 Å². The zero-order valence-corrected chi connectivity index (χ0v) is 12.4. The first-order valence-electron chi connectivity index (χ1n) is 6.91. The maximum Gasteiger partial charge on any atom is 0.223 e. The fraction of sp³-hybridized carbons (Fsp3) is 0.133. The van der Waals surface area contributed by atoms with E-state index in [0.29, 0.717) is 11.2 Å². The Morgan fingerprint density at radius 3 is 3.00 bits per heavy atom. The van der Waals surface area contributed by atoms with Gasteiger partial charge >= 0.3 is 0 Å². The van der Waals surface area contributed by atoms with Crippen molar-refractivity contribution >= 4 is 39.6 Å². The molecule has 0 aliphatic heterocycles. The predicted octanol–water partition coefficient (Wildman–Crippen LogP) is 2.79. The molecular formula is C15H13ClN6. The molecule has 0 saturated carbocycles. The normalized spacial score (nSPS) is 11.5. The van der Waals surface area contributed by atoms with Crippen LogP contribution in [0.5, 0.6) is 0 Å². The SMILES string of the molecule is Nc1nc(Cl)c2ncn(CCc3c[nH]c4ccccc34)c2n1. The highest BCUT2D eigenvalue weighted by atomic mass is 35.5. The monoisotopic (exact) mass is 312 g/mol. The van der Waals surface area contributed by atoms with E-state index in [2.05, 4.69) is 32.1 Å². The molecule has 0 spiro atoms. The van der Waals surface area contributed by atoms with Gasteiger partial charge in [0.15, 0.2) is 10.8 Å². The number of aromatic amines is 1. The standard InChI is InChI=1S/C15H13ClN6/c16-13-12-14(21-15(17)20-13)22(8-19-12)6-5-9-7-18-11-4-2-1-3-10(9)11/h1-4,7-8,18H,5-6H2,(H2,17,20,21). The molecule has 0 aliphatic carbocycles. The van der Waals surface area contributed by atoms with Crippen molar-refractivity contribution in [2.24, 2.45) is 0 Å². The van der Waals surface area contributed by atoms with E-state index in [9.17, 15) is 0 Å². The van der Waals surface area contributed by atoms with Gasteiger partial charge in [-0.1, -0.05) is 29.8 Å². The number of benzene rings is 1. The molecule has 0 fully saturated rings. The maximum atomic E-state index is 6.04. The van der Waals surface area contributed by atoms with Crippen molar-refractivity contribution in [2.75, 3.05) is 5.73 Å². The summed E-state index contributed by atoms with van der Waals surface area (Å²) in [5.41, 5.74) is 9.30. The molecule has 3 N–H and O–H groups in total. The van der Waals surface area contributed by atoms with Gasteiger partial charge in [-0.2, -0.15) is 9.97 Å². The van der Waals surface area contributed by atoms with Crippen molar-refractivity contribution in [1.82, 2.24) is 24.5 Å². The van der Waals surface area contributed by atoms with E-state index in [0.717, 1.165) is 18.5 Å². The van der Waals surface area contributed by atoms with Gasteiger partial charge < -0.3 is 15.3 Å². The number of aromatic nitrogens is 5. The van der Waals surface area contributed by atoms with Gasteiger partial charge in [0.25, 0.3) is 0 Å². The average Bonchev–Trinajstić information content (AvgIpc) is 3.09. The van der Waals surface area contributed by atoms with Crippen LogP contribution in [-0.2, 0) is 13.0 Å². The summed E-state index contributed by atoms with van der Waals surface area (Å²) >= 11 is 6.04. The second kappa shape index (κ2) is 4.99. The molecule has 110 valence electrons. The number of nitrogens with zero attached hydrogens (tertiary/aromatic N) is 4. The van der Waals surface area contributed by atoms with E-state index >= 15 is 0 Å². The average molecular weight is 313 g/mol. The summed E-state index contributed by atoms with van der Waals surface area (Å²) in [5, 5.41) is 1.52. The van der Waals surface area contributed by atoms with Crippen molar-refractivity contribution in [3.05, 3.63) is 47.5 Å². The summed E-state index contributed by atoms with van der Waals surface area (Å²) in [6, 6.07) is 8.25. The first-order chi connectivity index (χ1) is 10.7. The minimum atomic E-state index is 0.159. The Balaban J connectivity index is 1.67. The van der Waals surface area contributed by atoms with Crippen LogP contribution in [-0.4, -0.2) is 24.5 Å². The minimum absolute atomic E-state index is 0.159. The molecule has 0 amide bonds. The summed E-state index contributed by atoms with van der Waals surface area (Å²) in [6.45, 7) is 0.741.